The Bertz CT molecular complexity index is 618. The van der Waals surface area contributed by atoms with Crippen LogP contribution in [0.2, 0.25) is 0 Å². The normalized spacial score (nSPS) is 22.6. The van der Waals surface area contributed by atoms with Crippen LogP contribution in [0.15, 0.2) is 48.5 Å². The highest BCUT2D eigenvalue weighted by Gasteiger charge is 2.30. The molecule has 21 heavy (non-hydrogen) atoms. The Hall–Kier alpha value is -1.71. The van der Waals surface area contributed by atoms with Gasteiger partial charge in [0.15, 0.2) is 0 Å². The van der Waals surface area contributed by atoms with Crippen molar-refractivity contribution in [3.8, 4) is 11.1 Å². The number of alkyl halides is 1. The van der Waals surface area contributed by atoms with Gasteiger partial charge in [-0.15, -0.1) is 0 Å². The monoisotopic (exact) mass is 285 g/mol. The number of hydrogen-bond acceptors (Lipinski definition) is 2. The predicted octanol–water partition coefficient (Wildman–Crippen LogP) is 3.18. The highest BCUT2D eigenvalue weighted by molar-refractivity contribution is 5.67. The number of aliphatic hydroxyl groups excluding tert-OH is 1. The minimum atomic E-state index is -1.12. The summed E-state index contributed by atoms with van der Waals surface area (Å²) in [6.45, 7) is 3.51. The van der Waals surface area contributed by atoms with Crippen molar-refractivity contribution in [3.05, 3.63) is 59.7 Å². The molecule has 0 spiro atoms. The van der Waals surface area contributed by atoms with Crippen LogP contribution in [0.1, 0.15) is 11.1 Å². The van der Waals surface area contributed by atoms with Gasteiger partial charge in [-0.3, -0.25) is 4.90 Å². The predicted molar refractivity (Wildman–Crippen MR) is 82.8 cm³/mol. The SMILES string of the molecule is Cc1ccccc1-c1cccc(CN2C[C@@H](O)[C@H](F)C2)c1. The molecule has 0 aromatic heterocycles. The molecule has 3 rings (SSSR count). The van der Waals surface area contributed by atoms with Gasteiger partial charge in [-0.2, -0.15) is 0 Å². The third kappa shape index (κ3) is 3.14. The molecule has 0 aliphatic carbocycles. The van der Waals surface area contributed by atoms with Gasteiger partial charge in [0.25, 0.3) is 0 Å². The lowest BCUT2D eigenvalue weighted by atomic mass is 9.99. The maximum absolute atomic E-state index is 13.4. The molecule has 0 bridgehead atoms. The number of benzene rings is 2. The lowest BCUT2D eigenvalue weighted by Crippen LogP contribution is -2.21. The van der Waals surface area contributed by atoms with E-state index in [1.165, 1.54) is 16.7 Å². The summed E-state index contributed by atoms with van der Waals surface area (Å²) in [7, 11) is 0. The van der Waals surface area contributed by atoms with Crippen molar-refractivity contribution < 1.29 is 9.50 Å². The van der Waals surface area contributed by atoms with Crippen molar-refractivity contribution >= 4 is 0 Å². The molecule has 0 amide bonds. The Labute approximate surface area is 124 Å². The summed E-state index contributed by atoms with van der Waals surface area (Å²) >= 11 is 0. The molecule has 0 saturated carbocycles. The van der Waals surface area contributed by atoms with E-state index in [0.717, 1.165) is 5.56 Å². The Kier molecular flexibility index (Phi) is 4.04. The molecular weight excluding hydrogens is 265 g/mol. The fraction of sp³-hybridized carbons (Fsp3) is 0.333. The first-order chi connectivity index (χ1) is 10.1. The van der Waals surface area contributed by atoms with Gasteiger partial charge >= 0.3 is 0 Å². The average Bonchev–Trinajstić information content (AvgIpc) is 2.78. The summed E-state index contributed by atoms with van der Waals surface area (Å²) in [6, 6.07) is 16.6. The maximum Gasteiger partial charge on any atom is 0.140 e. The summed E-state index contributed by atoms with van der Waals surface area (Å²) in [5, 5.41) is 9.50. The molecule has 1 N–H and O–H groups in total. The lowest BCUT2D eigenvalue weighted by Gasteiger charge is -2.15. The van der Waals surface area contributed by atoms with Crippen LogP contribution in [0.25, 0.3) is 11.1 Å². The van der Waals surface area contributed by atoms with E-state index < -0.39 is 12.3 Å². The molecule has 1 aliphatic rings. The zero-order valence-electron chi connectivity index (χ0n) is 12.2. The van der Waals surface area contributed by atoms with E-state index in [9.17, 15) is 9.50 Å². The van der Waals surface area contributed by atoms with E-state index in [2.05, 4.69) is 37.3 Å². The average molecular weight is 285 g/mol. The minimum absolute atomic E-state index is 0.315. The fourth-order valence-corrected chi connectivity index (χ4v) is 2.94. The van der Waals surface area contributed by atoms with Crippen LogP contribution in [0.4, 0.5) is 4.39 Å². The number of hydrogen-bond donors (Lipinski definition) is 1. The number of β-amino-alcohol motifs (C(OH)–C–C–N with tert-alkyl or cyclic N) is 1. The fourth-order valence-electron chi connectivity index (χ4n) is 2.94. The second kappa shape index (κ2) is 5.96. The quantitative estimate of drug-likeness (QED) is 0.936. The first-order valence-electron chi connectivity index (χ1n) is 7.33. The van der Waals surface area contributed by atoms with Crippen LogP contribution >= 0.6 is 0 Å². The summed E-state index contributed by atoms with van der Waals surface area (Å²) in [6.07, 6.45) is -1.96. The molecule has 0 unspecified atom stereocenters. The van der Waals surface area contributed by atoms with Crippen LogP contribution in [0.5, 0.6) is 0 Å². The number of halogens is 1. The third-order valence-electron chi connectivity index (χ3n) is 4.08. The van der Waals surface area contributed by atoms with Gasteiger partial charge in [-0.05, 0) is 35.2 Å². The molecule has 110 valence electrons. The summed E-state index contributed by atoms with van der Waals surface area (Å²) in [4.78, 5) is 1.96. The van der Waals surface area contributed by atoms with E-state index in [4.69, 9.17) is 0 Å². The largest absolute Gasteiger partial charge is 0.389 e. The Morgan fingerprint density at radius 1 is 1.14 bits per heavy atom. The lowest BCUT2D eigenvalue weighted by molar-refractivity contribution is 0.115. The van der Waals surface area contributed by atoms with Crippen LogP contribution in [0, 0.1) is 6.92 Å². The van der Waals surface area contributed by atoms with Crippen LogP contribution in [0.3, 0.4) is 0 Å². The summed E-state index contributed by atoms with van der Waals surface area (Å²) in [5.74, 6) is 0. The molecule has 1 saturated heterocycles. The van der Waals surface area contributed by atoms with Gasteiger partial charge in [-0.1, -0.05) is 42.5 Å². The second-order valence-electron chi connectivity index (χ2n) is 5.79. The third-order valence-corrected chi connectivity index (χ3v) is 4.08. The van der Waals surface area contributed by atoms with Crippen LogP contribution in [-0.2, 0) is 6.54 Å². The first-order valence-corrected chi connectivity index (χ1v) is 7.33. The van der Waals surface area contributed by atoms with Crippen molar-refractivity contribution in [2.45, 2.75) is 25.7 Å². The first kappa shape index (κ1) is 14.2. The van der Waals surface area contributed by atoms with Gasteiger partial charge in [-0.25, -0.2) is 4.39 Å². The van der Waals surface area contributed by atoms with Crippen LogP contribution < -0.4 is 0 Å². The number of aryl methyl sites for hydroxylation is 1. The van der Waals surface area contributed by atoms with E-state index in [0.29, 0.717) is 19.6 Å². The molecule has 1 heterocycles. The van der Waals surface area contributed by atoms with Crippen molar-refractivity contribution in [3.63, 3.8) is 0 Å². The van der Waals surface area contributed by atoms with E-state index in [-0.39, 0.29) is 0 Å². The molecule has 1 fully saturated rings. The Morgan fingerprint density at radius 2 is 1.95 bits per heavy atom. The zero-order chi connectivity index (χ0) is 14.8. The molecule has 2 nitrogen and oxygen atoms in total. The van der Waals surface area contributed by atoms with Crippen molar-refractivity contribution in [2.75, 3.05) is 13.1 Å². The Balaban J connectivity index is 1.80. The number of rotatable bonds is 3. The number of likely N-dealkylation sites (tertiary alicyclic amines) is 1. The molecule has 0 radical (unpaired) electrons. The molecule has 3 heteroatoms. The van der Waals surface area contributed by atoms with Crippen molar-refractivity contribution in [1.82, 2.24) is 4.90 Å². The highest BCUT2D eigenvalue weighted by atomic mass is 19.1. The number of nitrogens with zero attached hydrogens (tertiary/aromatic N) is 1. The summed E-state index contributed by atoms with van der Waals surface area (Å²) in [5.41, 5.74) is 4.80. The van der Waals surface area contributed by atoms with Gasteiger partial charge in [0.1, 0.15) is 6.17 Å². The minimum Gasteiger partial charge on any atom is -0.389 e. The molecule has 2 atom stereocenters. The van der Waals surface area contributed by atoms with Gasteiger partial charge in [0.2, 0.25) is 0 Å². The molecular formula is C18H20FNO. The van der Waals surface area contributed by atoms with E-state index >= 15 is 0 Å². The Morgan fingerprint density at radius 3 is 2.67 bits per heavy atom. The van der Waals surface area contributed by atoms with E-state index in [1.54, 1.807) is 0 Å². The second-order valence-corrected chi connectivity index (χ2v) is 5.79. The smallest absolute Gasteiger partial charge is 0.140 e. The van der Waals surface area contributed by atoms with Crippen molar-refractivity contribution in [1.29, 1.82) is 0 Å². The zero-order valence-corrected chi connectivity index (χ0v) is 12.2. The van der Waals surface area contributed by atoms with Gasteiger partial charge in [0.05, 0.1) is 6.10 Å². The molecule has 1 aliphatic heterocycles. The maximum atomic E-state index is 13.4. The molecule has 2 aromatic carbocycles. The summed E-state index contributed by atoms with van der Waals surface area (Å²) < 4.78 is 13.4. The van der Waals surface area contributed by atoms with Gasteiger partial charge < -0.3 is 5.11 Å². The standard InChI is InChI=1S/C18H20FNO/c1-13-5-2-3-8-16(13)15-7-4-6-14(9-15)10-20-11-17(19)18(21)12-20/h2-9,17-18,21H,10-12H2,1H3/t17-,18-/m1/s1. The highest BCUT2D eigenvalue weighted by Crippen LogP contribution is 2.25. The van der Waals surface area contributed by atoms with Crippen molar-refractivity contribution in [2.24, 2.45) is 0 Å². The van der Waals surface area contributed by atoms with Crippen LogP contribution in [-0.4, -0.2) is 35.4 Å². The van der Waals surface area contributed by atoms with E-state index in [1.807, 2.05) is 23.1 Å². The number of aliphatic hydroxyl groups is 1. The topological polar surface area (TPSA) is 23.5 Å². The molecule has 2 aromatic rings. The van der Waals surface area contributed by atoms with Gasteiger partial charge in [0, 0.05) is 19.6 Å².